The van der Waals surface area contributed by atoms with Crippen LogP contribution in [0.1, 0.15) is 79.1 Å². The van der Waals surface area contributed by atoms with Crippen molar-refractivity contribution in [1.29, 1.82) is 0 Å². The summed E-state index contributed by atoms with van der Waals surface area (Å²) in [5.41, 5.74) is 3.37. The summed E-state index contributed by atoms with van der Waals surface area (Å²) in [6.45, 7) is 16.7. The van der Waals surface area contributed by atoms with Crippen LogP contribution in [0.2, 0.25) is 0 Å². The molecule has 0 aliphatic heterocycles. The molecule has 0 saturated carbocycles. The fourth-order valence-electron chi connectivity index (χ4n) is 4.10. The summed E-state index contributed by atoms with van der Waals surface area (Å²) < 4.78 is 22.6. The lowest BCUT2D eigenvalue weighted by Gasteiger charge is -2.15. The van der Waals surface area contributed by atoms with Crippen LogP contribution in [0.4, 0.5) is 0 Å². The molecule has 0 saturated heterocycles. The van der Waals surface area contributed by atoms with E-state index in [9.17, 15) is 9.59 Å². The Morgan fingerprint density at radius 2 is 0.952 bits per heavy atom. The van der Waals surface area contributed by atoms with Crippen molar-refractivity contribution in [3.63, 3.8) is 0 Å². The average molecular weight is 583 g/mol. The van der Waals surface area contributed by atoms with Crippen LogP contribution in [0, 0.1) is 0 Å². The normalized spacial score (nSPS) is 11.5. The Morgan fingerprint density at radius 1 is 0.619 bits per heavy atom. The van der Waals surface area contributed by atoms with Gasteiger partial charge < -0.3 is 18.9 Å². The van der Waals surface area contributed by atoms with Crippen molar-refractivity contribution in [3.8, 4) is 22.6 Å². The molecular formula is C36H54O6. The first-order valence-corrected chi connectivity index (χ1v) is 15.3. The number of unbranched alkanes of at least 4 members (excludes halogenated alkanes) is 2. The number of carbonyl (C=O) groups excluding carboxylic acids is 2. The summed E-state index contributed by atoms with van der Waals surface area (Å²) in [6.07, 6.45) is 8.29. The minimum Gasteiger partial charge on any atom is -0.494 e. The second kappa shape index (κ2) is 25.5. The predicted molar refractivity (Wildman–Crippen MR) is 175 cm³/mol. The minimum absolute atomic E-state index is 0.0265. The van der Waals surface area contributed by atoms with E-state index in [2.05, 4.69) is 37.4 Å². The molecule has 0 aliphatic rings. The lowest BCUT2D eigenvalue weighted by molar-refractivity contribution is -0.106. The number of aldehydes is 2. The van der Waals surface area contributed by atoms with Gasteiger partial charge in [0.2, 0.25) is 0 Å². The Morgan fingerprint density at radius 3 is 1.24 bits per heavy atom. The van der Waals surface area contributed by atoms with Gasteiger partial charge in [-0.3, -0.25) is 9.59 Å². The lowest BCUT2D eigenvalue weighted by atomic mass is 10.0. The van der Waals surface area contributed by atoms with Crippen molar-refractivity contribution in [3.05, 3.63) is 72.8 Å². The van der Waals surface area contributed by atoms with Crippen molar-refractivity contribution < 1.29 is 28.5 Å². The molecule has 2 unspecified atom stereocenters. The smallest absolute Gasteiger partial charge is 0.145 e. The summed E-state index contributed by atoms with van der Waals surface area (Å²) in [4.78, 5) is 21.5. The standard InChI is InChI=1S/C32H42O6.2C2H6/c1-25(23-33)21-31(35-3)9-5-7-19-37-29-15-11-27(12-16-29)28-13-17-30(18-14-28)38-20-8-6-10-32(36-4)22-26(2)24-34;2*1-2/h11-18,23-24,31-32H,1-2,5-10,19-22H2,3-4H3;2*1-2H3. The van der Waals surface area contributed by atoms with Gasteiger partial charge in [0.25, 0.3) is 0 Å². The molecular weight excluding hydrogens is 528 g/mol. The highest BCUT2D eigenvalue weighted by molar-refractivity contribution is 5.72. The zero-order valence-corrected chi connectivity index (χ0v) is 26.9. The van der Waals surface area contributed by atoms with E-state index in [1.165, 1.54) is 0 Å². The highest BCUT2D eigenvalue weighted by Crippen LogP contribution is 2.25. The van der Waals surface area contributed by atoms with Crippen molar-refractivity contribution in [2.24, 2.45) is 0 Å². The largest absolute Gasteiger partial charge is 0.494 e. The molecule has 42 heavy (non-hydrogen) atoms. The minimum atomic E-state index is 0.0265. The van der Waals surface area contributed by atoms with Crippen LogP contribution in [0.3, 0.4) is 0 Å². The molecule has 234 valence electrons. The van der Waals surface area contributed by atoms with Crippen LogP contribution < -0.4 is 9.47 Å². The number of hydrogen-bond acceptors (Lipinski definition) is 6. The average Bonchev–Trinajstić information content (AvgIpc) is 3.05. The fourth-order valence-corrected chi connectivity index (χ4v) is 4.10. The first-order chi connectivity index (χ1) is 20.5. The van der Waals surface area contributed by atoms with Gasteiger partial charge in [-0.15, -0.1) is 0 Å². The molecule has 0 spiro atoms. The van der Waals surface area contributed by atoms with E-state index in [0.29, 0.717) is 37.2 Å². The molecule has 0 bridgehead atoms. The molecule has 2 atom stereocenters. The number of carbonyl (C=O) groups is 2. The molecule has 0 heterocycles. The topological polar surface area (TPSA) is 71.1 Å². The first-order valence-electron chi connectivity index (χ1n) is 15.3. The molecule has 2 aromatic rings. The number of methoxy groups -OCH3 is 2. The van der Waals surface area contributed by atoms with Crippen LogP contribution in [-0.2, 0) is 19.1 Å². The van der Waals surface area contributed by atoms with E-state index < -0.39 is 0 Å². The fraction of sp³-hybridized carbons (Fsp3) is 0.500. The third-order valence-electron chi connectivity index (χ3n) is 6.40. The molecule has 0 fully saturated rings. The highest BCUT2D eigenvalue weighted by atomic mass is 16.5. The van der Waals surface area contributed by atoms with Crippen LogP contribution in [0.5, 0.6) is 11.5 Å². The summed E-state index contributed by atoms with van der Waals surface area (Å²) in [7, 11) is 3.33. The number of ether oxygens (including phenoxy) is 4. The Labute approximate surface area is 255 Å². The summed E-state index contributed by atoms with van der Waals surface area (Å²) >= 11 is 0. The van der Waals surface area contributed by atoms with Crippen molar-refractivity contribution >= 4 is 12.6 Å². The van der Waals surface area contributed by atoms with Gasteiger partial charge in [-0.2, -0.15) is 0 Å². The number of rotatable bonds is 21. The van der Waals surface area contributed by atoms with Gasteiger partial charge in [0.15, 0.2) is 0 Å². The lowest BCUT2D eigenvalue weighted by Crippen LogP contribution is -2.12. The van der Waals surface area contributed by atoms with E-state index in [1.807, 2.05) is 52.0 Å². The highest BCUT2D eigenvalue weighted by Gasteiger charge is 2.10. The molecule has 6 nitrogen and oxygen atoms in total. The SMILES string of the molecule is C=C(C=O)CC(CCCCOc1ccc(-c2ccc(OCCCCC(CC(=C)C=O)OC)cc2)cc1)OC.CC.CC. The summed E-state index contributed by atoms with van der Waals surface area (Å²) in [6, 6.07) is 16.2. The van der Waals surface area contributed by atoms with Crippen LogP contribution in [0.15, 0.2) is 72.8 Å². The Kier molecular flexibility index (Phi) is 23.5. The van der Waals surface area contributed by atoms with E-state index in [0.717, 1.165) is 73.7 Å². The van der Waals surface area contributed by atoms with Gasteiger partial charge in [-0.1, -0.05) is 65.1 Å². The zero-order chi connectivity index (χ0) is 31.6. The predicted octanol–water partition coefficient (Wildman–Crippen LogP) is 8.82. The molecule has 0 aromatic heterocycles. The van der Waals surface area contributed by atoms with Crippen molar-refractivity contribution in [1.82, 2.24) is 0 Å². The maximum atomic E-state index is 10.7. The molecule has 0 aliphatic carbocycles. The van der Waals surface area contributed by atoms with Crippen LogP contribution in [0.25, 0.3) is 11.1 Å². The van der Waals surface area contributed by atoms with E-state index >= 15 is 0 Å². The molecule has 0 amide bonds. The van der Waals surface area contributed by atoms with Crippen molar-refractivity contribution in [2.75, 3.05) is 27.4 Å². The van der Waals surface area contributed by atoms with E-state index in [-0.39, 0.29) is 12.2 Å². The van der Waals surface area contributed by atoms with Gasteiger partial charge >= 0.3 is 0 Å². The quantitative estimate of drug-likeness (QED) is 0.0832. The number of benzene rings is 2. The Balaban J connectivity index is 0.00000402. The Bertz CT molecular complexity index is 899. The van der Waals surface area contributed by atoms with Crippen LogP contribution >= 0.6 is 0 Å². The summed E-state index contributed by atoms with van der Waals surface area (Å²) in [5.74, 6) is 1.69. The van der Waals surface area contributed by atoms with E-state index in [1.54, 1.807) is 14.2 Å². The number of hydrogen-bond donors (Lipinski definition) is 0. The molecule has 0 radical (unpaired) electrons. The van der Waals surface area contributed by atoms with Crippen molar-refractivity contribution in [2.45, 2.75) is 91.3 Å². The second-order valence-corrected chi connectivity index (χ2v) is 9.41. The third-order valence-corrected chi connectivity index (χ3v) is 6.40. The first kappa shape index (κ1) is 38.8. The zero-order valence-electron chi connectivity index (χ0n) is 26.9. The summed E-state index contributed by atoms with van der Waals surface area (Å²) in [5, 5.41) is 0. The van der Waals surface area contributed by atoms with E-state index in [4.69, 9.17) is 18.9 Å². The van der Waals surface area contributed by atoms with Gasteiger partial charge in [0.05, 0.1) is 25.4 Å². The maximum Gasteiger partial charge on any atom is 0.145 e. The maximum absolute atomic E-state index is 10.7. The van der Waals surface area contributed by atoms with Crippen LogP contribution in [-0.4, -0.2) is 52.2 Å². The molecule has 2 rings (SSSR count). The van der Waals surface area contributed by atoms with Gasteiger partial charge in [0.1, 0.15) is 24.1 Å². The Hall–Kier alpha value is -3.22. The van der Waals surface area contributed by atoms with Gasteiger partial charge in [-0.25, -0.2) is 0 Å². The molecule has 0 N–H and O–H groups in total. The second-order valence-electron chi connectivity index (χ2n) is 9.41. The monoisotopic (exact) mass is 582 g/mol. The molecule has 6 heteroatoms. The molecule has 2 aromatic carbocycles. The van der Waals surface area contributed by atoms with Gasteiger partial charge in [0, 0.05) is 27.1 Å². The third kappa shape index (κ3) is 16.9. The van der Waals surface area contributed by atoms with Gasteiger partial charge in [-0.05, 0) is 85.1 Å².